The van der Waals surface area contributed by atoms with Crippen LogP contribution in [0, 0.1) is 0 Å². The van der Waals surface area contributed by atoms with Crippen molar-refractivity contribution in [3.63, 3.8) is 0 Å². The van der Waals surface area contributed by atoms with E-state index in [1.807, 2.05) is 0 Å². The zero-order chi connectivity index (χ0) is 14.9. The first-order chi connectivity index (χ1) is 9.29. The van der Waals surface area contributed by atoms with Gasteiger partial charge in [0.25, 0.3) is 5.91 Å². The maximum atomic E-state index is 12.4. The molecule has 0 saturated carbocycles. The van der Waals surface area contributed by atoms with Crippen LogP contribution in [-0.4, -0.2) is 28.2 Å². The molecule has 1 aliphatic rings. The summed E-state index contributed by atoms with van der Waals surface area (Å²) in [6.45, 7) is 0. The number of halogens is 3. The van der Waals surface area contributed by atoms with E-state index in [4.69, 9.17) is 0 Å². The van der Waals surface area contributed by atoms with E-state index in [-0.39, 0.29) is 18.4 Å². The molecule has 0 radical (unpaired) electrons. The summed E-state index contributed by atoms with van der Waals surface area (Å²) in [6, 6.07) is 3.56. The molecule has 0 aliphatic carbocycles. The lowest BCUT2D eigenvalue weighted by atomic mass is 10.1. The van der Waals surface area contributed by atoms with Gasteiger partial charge in [0.05, 0.1) is 5.56 Å². The van der Waals surface area contributed by atoms with Crippen LogP contribution in [0.2, 0.25) is 0 Å². The van der Waals surface area contributed by atoms with Crippen LogP contribution in [0.4, 0.5) is 13.2 Å². The molecule has 1 aliphatic heterocycles. The van der Waals surface area contributed by atoms with Crippen LogP contribution in [0.1, 0.15) is 28.8 Å². The maximum Gasteiger partial charge on any atom is 0.416 e. The van der Waals surface area contributed by atoms with Crippen LogP contribution >= 0.6 is 0 Å². The number of hydrogen-bond donors (Lipinski definition) is 2. The molecule has 8 heteroatoms. The summed E-state index contributed by atoms with van der Waals surface area (Å²) in [5.74, 6) is -1.20. The van der Waals surface area contributed by atoms with Crippen LogP contribution in [0.25, 0.3) is 0 Å². The maximum absolute atomic E-state index is 12.4. The van der Waals surface area contributed by atoms with Gasteiger partial charge in [-0.2, -0.15) is 13.2 Å². The molecule has 108 valence electrons. The first-order valence-electron chi connectivity index (χ1n) is 5.77. The molecular formula is C12H11F3N2O3. The average Bonchev–Trinajstić information content (AvgIpc) is 2.69. The van der Waals surface area contributed by atoms with Crippen molar-refractivity contribution in [2.45, 2.75) is 25.2 Å². The molecule has 0 bridgehead atoms. The summed E-state index contributed by atoms with van der Waals surface area (Å²) in [5, 5.41) is 10.2. The third kappa shape index (κ3) is 2.90. The number of benzene rings is 1. The molecule has 2 amide bonds. The predicted octanol–water partition coefficient (Wildman–Crippen LogP) is 1.29. The fourth-order valence-corrected chi connectivity index (χ4v) is 1.79. The number of nitrogens with one attached hydrogen (secondary N) is 1. The van der Waals surface area contributed by atoms with E-state index in [0.717, 1.165) is 29.3 Å². The Morgan fingerprint density at radius 2 is 1.90 bits per heavy atom. The minimum absolute atomic E-state index is 0.0371. The fraction of sp³-hybridized carbons (Fsp3) is 0.333. The number of carbonyl (C=O) groups is 2. The van der Waals surface area contributed by atoms with Gasteiger partial charge in [0.2, 0.25) is 5.91 Å². The van der Waals surface area contributed by atoms with E-state index in [2.05, 4.69) is 5.43 Å². The van der Waals surface area contributed by atoms with Gasteiger partial charge in [0.1, 0.15) is 6.23 Å². The topological polar surface area (TPSA) is 69.6 Å². The highest BCUT2D eigenvalue weighted by atomic mass is 19.4. The third-order valence-corrected chi connectivity index (χ3v) is 2.88. The van der Waals surface area contributed by atoms with Crippen LogP contribution in [0.5, 0.6) is 0 Å². The SMILES string of the molecule is O=C(NN1C(=O)CCC1O)c1ccc(C(F)(F)F)cc1. The minimum Gasteiger partial charge on any atom is -0.372 e. The van der Waals surface area contributed by atoms with Gasteiger partial charge in [-0.25, -0.2) is 5.01 Å². The molecule has 1 fully saturated rings. The number of nitrogens with zero attached hydrogens (tertiary/aromatic N) is 1. The van der Waals surface area contributed by atoms with Gasteiger partial charge in [-0.05, 0) is 24.3 Å². The zero-order valence-corrected chi connectivity index (χ0v) is 10.1. The number of hydrazine groups is 1. The van der Waals surface area contributed by atoms with Crippen LogP contribution < -0.4 is 5.43 Å². The van der Waals surface area contributed by atoms with E-state index in [0.29, 0.717) is 0 Å². The number of aliphatic hydroxyl groups excluding tert-OH is 1. The lowest BCUT2D eigenvalue weighted by Gasteiger charge is -2.21. The second-order valence-corrected chi connectivity index (χ2v) is 4.30. The molecule has 0 aromatic heterocycles. The van der Waals surface area contributed by atoms with Crippen molar-refractivity contribution in [3.05, 3.63) is 35.4 Å². The fourth-order valence-electron chi connectivity index (χ4n) is 1.79. The van der Waals surface area contributed by atoms with Crippen molar-refractivity contribution in [3.8, 4) is 0 Å². The molecular weight excluding hydrogens is 277 g/mol. The van der Waals surface area contributed by atoms with Crippen molar-refractivity contribution in [1.82, 2.24) is 10.4 Å². The van der Waals surface area contributed by atoms with Gasteiger partial charge in [0.15, 0.2) is 0 Å². The number of carbonyl (C=O) groups excluding carboxylic acids is 2. The summed E-state index contributed by atoms with van der Waals surface area (Å²) in [6.07, 6.45) is -5.28. The number of hydrogen-bond acceptors (Lipinski definition) is 3. The minimum atomic E-state index is -4.48. The first-order valence-corrected chi connectivity index (χ1v) is 5.77. The van der Waals surface area contributed by atoms with E-state index in [9.17, 15) is 27.9 Å². The first kappa shape index (κ1) is 14.3. The Kier molecular flexibility index (Phi) is 3.67. The molecule has 0 spiro atoms. The van der Waals surface area contributed by atoms with Gasteiger partial charge < -0.3 is 5.11 Å². The zero-order valence-electron chi connectivity index (χ0n) is 10.1. The highest BCUT2D eigenvalue weighted by Crippen LogP contribution is 2.29. The lowest BCUT2D eigenvalue weighted by molar-refractivity contribution is -0.137. The molecule has 1 heterocycles. The summed E-state index contributed by atoms with van der Waals surface area (Å²) in [5.41, 5.74) is 1.26. The summed E-state index contributed by atoms with van der Waals surface area (Å²) in [4.78, 5) is 23.1. The normalized spacial score (nSPS) is 19.3. The van der Waals surface area contributed by atoms with E-state index < -0.39 is 29.8 Å². The molecule has 5 nitrogen and oxygen atoms in total. The quantitative estimate of drug-likeness (QED) is 0.861. The van der Waals surface area contributed by atoms with Gasteiger partial charge >= 0.3 is 6.18 Å². The van der Waals surface area contributed by atoms with Crippen LogP contribution in [0.3, 0.4) is 0 Å². The Balaban J connectivity index is 2.08. The second kappa shape index (κ2) is 5.12. The van der Waals surface area contributed by atoms with E-state index in [1.54, 1.807) is 0 Å². The smallest absolute Gasteiger partial charge is 0.372 e. The Morgan fingerprint density at radius 3 is 2.35 bits per heavy atom. The van der Waals surface area contributed by atoms with Crippen molar-refractivity contribution in [1.29, 1.82) is 0 Å². The summed E-state index contributed by atoms with van der Waals surface area (Å²) >= 11 is 0. The molecule has 1 unspecified atom stereocenters. The largest absolute Gasteiger partial charge is 0.416 e. The lowest BCUT2D eigenvalue weighted by Crippen LogP contribution is -2.47. The molecule has 2 rings (SSSR count). The second-order valence-electron chi connectivity index (χ2n) is 4.30. The molecule has 1 aromatic rings. The van der Waals surface area contributed by atoms with Crippen molar-refractivity contribution < 1.29 is 27.9 Å². The monoisotopic (exact) mass is 288 g/mol. The van der Waals surface area contributed by atoms with Crippen molar-refractivity contribution >= 4 is 11.8 Å². The molecule has 20 heavy (non-hydrogen) atoms. The van der Waals surface area contributed by atoms with Crippen LogP contribution in [-0.2, 0) is 11.0 Å². The van der Waals surface area contributed by atoms with Crippen molar-refractivity contribution in [2.24, 2.45) is 0 Å². The van der Waals surface area contributed by atoms with Gasteiger partial charge in [-0.15, -0.1) is 0 Å². The Hall–Kier alpha value is -2.09. The highest BCUT2D eigenvalue weighted by Gasteiger charge is 2.32. The predicted molar refractivity (Wildman–Crippen MR) is 61.0 cm³/mol. The standard InChI is InChI=1S/C12H11F3N2O3/c13-12(14,15)8-3-1-7(2-4-8)11(20)16-17-9(18)5-6-10(17)19/h1-4,9,18H,5-6H2,(H,16,20). The third-order valence-electron chi connectivity index (χ3n) is 2.88. The van der Waals surface area contributed by atoms with E-state index in [1.165, 1.54) is 0 Å². The number of alkyl halides is 3. The molecule has 1 saturated heterocycles. The van der Waals surface area contributed by atoms with Crippen LogP contribution in [0.15, 0.2) is 24.3 Å². The Labute approximate surface area is 112 Å². The number of rotatable bonds is 2. The Morgan fingerprint density at radius 1 is 1.30 bits per heavy atom. The summed E-state index contributed by atoms with van der Waals surface area (Å²) in [7, 11) is 0. The number of aliphatic hydroxyl groups is 1. The van der Waals surface area contributed by atoms with Gasteiger partial charge in [0, 0.05) is 18.4 Å². The van der Waals surface area contributed by atoms with Gasteiger partial charge in [-0.1, -0.05) is 0 Å². The Bertz CT molecular complexity index is 528. The van der Waals surface area contributed by atoms with E-state index >= 15 is 0 Å². The van der Waals surface area contributed by atoms with Gasteiger partial charge in [-0.3, -0.25) is 15.0 Å². The highest BCUT2D eigenvalue weighted by molar-refractivity contribution is 5.95. The number of amides is 2. The van der Waals surface area contributed by atoms with Crippen molar-refractivity contribution in [2.75, 3.05) is 0 Å². The summed E-state index contributed by atoms with van der Waals surface area (Å²) < 4.78 is 37.1. The molecule has 1 atom stereocenters. The molecule has 1 aromatic carbocycles. The molecule has 2 N–H and O–H groups in total. The average molecular weight is 288 g/mol.